The van der Waals surface area contributed by atoms with Gasteiger partial charge >= 0.3 is 0 Å². The van der Waals surface area contributed by atoms with Gasteiger partial charge in [0.15, 0.2) is 0 Å². The van der Waals surface area contributed by atoms with Gasteiger partial charge in [0.05, 0.1) is 18.6 Å². The van der Waals surface area contributed by atoms with Crippen molar-refractivity contribution in [1.82, 2.24) is 25.0 Å². The average molecular weight is 372 g/mol. The summed E-state index contributed by atoms with van der Waals surface area (Å²) in [5.41, 5.74) is 0.433. The minimum absolute atomic E-state index is 0.0194. The Labute approximate surface area is 153 Å². The minimum atomic E-state index is -0.147. The number of carbonyl (C=O) groups excluding carboxylic acids is 1. The number of halogens is 1. The zero-order valence-electron chi connectivity index (χ0n) is 13.8. The fourth-order valence-corrected chi connectivity index (χ4v) is 2.90. The number of hydrogen-bond acceptors (Lipinski definition) is 7. The largest absolute Gasteiger partial charge is 0.496 e. The highest BCUT2D eigenvalue weighted by Gasteiger charge is 2.37. The van der Waals surface area contributed by atoms with E-state index >= 15 is 0 Å². The van der Waals surface area contributed by atoms with Crippen molar-refractivity contribution in [2.24, 2.45) is 0 Å². The quantitative estimate of drug-likeness (QED) is 0.695. The summed E-state index contributed by atoms with van der Waals surface area (Å²) in [6.07, 6.45) is 3.22. The van der Waals surface area contributed by atoms with Crippen molar-refractivity contribution in [2.45, 2.75) is 5.92 Å². The predicted molar refractivity (Wildman–Crippen MR) is 92.0 cm³/mol. The summed E-state index contributed by atoms with van der Waals surface area (Å²) in [5.74, 6) is 1.53. The molecule has 132 valence electrons. The van der Waals surface area contributed by atoms with Crippen molar-refractivity contribution in [1.29, 1.82) is 0 Å². The molecule has 1 saturated heterocycles. The van der Waals surface area contributed by atoms with E-state index < -0.39 is 0 Å². The number of aromatic nitrogens is 4. The molecule has 9 heteroatoms. The molecule has 0 unspecified atom stereocenters. The molecule has 3 aromatic rings. The number of methoxy groups -OCH3 is 1. The number of ether oxygens (including phenoxy) is 1. The van der Waals surface area contributed by atoms with E-state index in [0.717, 1.165) is 0 Å². The molecule has 0 N–H and O–H groups in total. The van der Waals surface area contributed by atoms with Crippen LogP contribution < -0.4 is 4.74 Å². The summed E-state index contributed by atoms with van der Waals surface area (Å²) in [6.45, 7) is 0.956. The first-order chi connectivity index (χ1) is 12.7. The number of rotatable bonds is 4. The molecule has 2 aromatic heterocycles. The zero-order chi connectivity index (χ0) is 18.1. The fraction of sp³-hybridized carbons (Fsp3) is 0.235. The van der Waals surface area contributed by atoms with Crippen LogP contribution in [0.2, 0.25) is 5.02 Å². The third-order valence-corrected chi connectivity index (χ3v) is 4.35. The molecule has 8 nitrogen and oxygen atoms in total. The van der Waals surface area contributed by atoms with Crippen LogP contribution in [0.3, 0.4) is 0 Å². The van der Waals surface area contributed by atoms with Gasteiger partial charge in [0.2, 0.25) is 17.5 Å². The van der Waals surface area contributed by atoms with E-state index in [-0.39, 0.29) is 11.8 Å². The first kappa shape index (κ1) is 16.5. The summed E-state index contributed by atoms with van der Waals surface area (Å²) < 4.78 is 10.5. The Morgan fingerprint density at radius 2 is 2.04 bits per heavy atom. The molecule has 0 aliphatic carbocycles. The second-order valence-electron chi connectivity index (χ2n) is 5.78. The van der Waals surface area contributed by atoms with Gasteiger partial charge in [-0.15, -0.1) is 0 Å². The van der Waals surface area contributed by atoms with Gasteiger partial charge < -0.3 is 14.2 Å². The molecule has 0 atom stereocenters. The van der Waals surface area contributed by atoms with Crippen LogP contribution in [-0.2, 0) is 0 Å². The molecule has 3 heterocycles. The average Bonchev–Trinajstić information content (AvgIpc) is 3.10. The lowest BCUT2D eigenvalue weighted by Gasteiger charge is -2.37. The second-order valence-corrected chi connectivity index (χ2v) is 6.22. The Balaban J connectivity index is 1.45. The van der Waals surface area contributed by atoms with Crippen LogP contribution in [-0.4, -0.2) is 51.1 Å². The van der Waals surface area contributed by atoms with Crippen LogP contribution in [0.5, 0.6) is 5.75 Å². The van der Waals surface area contributed by atoms with Crippen LogP contribution in [0.4, 0.5) is 0 Å². The number of nitrogens with zero attached hydrogens (tertiary/aromatic N) is 5. The smallest absolute Gasteiger partial charge is 0.257 e. The Hall–Kier alpha value is -3.00. The van der Waals surface area contributed by atoms with Crippen LogP contribution in [0, 0.1) is 0 Å². The van der Waals surface area contributed by atoms with E-state index in [2.05, 4.69) is 20.1 Å². The highest BCUT2D eigenvalue weighted by molar-refractivity contribution is 6.31. The molecule has 1 aliphatic heterocycles. The molecule has 1 aliphatic rings. The summed E-state index contributed by atoms with van der Waals surface area (Å²) in [7, 11) is 1.52. The van der Waals surface area contributed by atoms with Crippen molar-refractivity contribution in [3.05, 3.63) is 53.1 Å². The maximum absolute atomic E-state index is 12.7. The normalized spacial score (nSPS) is 14.2. The topological polar surface area (TPSA) is 94.2 Å². The summed E-state index contributed by atoms with van der Waals surface area (Å²) in [5, 5.41) is 4.39. The first-order valence-electron chi connectivity index (χ1n) is 7.89. The Bertz CT molecular complexity index is 941. The van der Waals surface area contributed by atoms with E-state index in [1.54, 1.807) is 41.6 Å². The number of likely N-dealkylation sites (tertiary alicyclic amines) is 1. The third kappa shape index (κ3) is 2.99. The molecule has 1 aromatic carbocycles. The van der Waals surface area contributed by atoms with E-state index in [1.807, 2.05) is 0 Å². The summed E-state index contributed by atoms with van der Waals surface area (Å²) >= 11 is 6.00. The highest BCUT2D eigenvalue weighted by Crippen LogP contribution is 2.31. The van der Waals surface area contributed by atoms with E-state index in [0.29, 0.717) is 47.0 Å². The Morgan fingerprint density at radius 1 is 1.27 bits per heavy atom. The molecule has 0 radical (unpaired) electrons. The van der Waals surface area contributed by atoms with Gasteiger partial charge in [0.25, 0.3) is 5.91 Å². The van der Waals surface area contributed by atoms with Crippen LogP contribution in [0.1, 0.15) is 22.2 Å². The standard InChI is InChI=1S/C17H14ClN5O3/c1-25-13-4-3-11(18)7-12(13)17(24)23-8-10(9-23)16-21-15(22-26-16)14-19-5-2-6-20-14/h2-7,10H,8-9H2,1H3. The number of hydrogen-bond donors (Lipinski definition) is 0. The highest BCUT2D eigenvalue weighted by atomic mass is 35.5. The molecule has 1 amide bonds. The predicted octanol–water partition coefficient (Wildman–Crippen LogP) is 2.43. The fourth-order valence-electron chi connectivity index (χ4n) is 2.72. The molecule has 0 spiro atoms. The number of amides is 1. The van der Waals surface area contributed by atoms with Crippen molar-refractivity contribution in [3.8, 4) is 17.4 Å². The number of carbonyl (C=O) groups is 1. The zero-order valence-corrected chi connectivity index (χ0v) is 14.6. The van der Waals surface area contributed by atoms with Gasteiger partial charge in [0, 0.05) is 30.5 Å². The SMILES string of the molecule is COc1ccc(Cl)cc1C(=O)N1CC(c2nc(-c3ncccn3)no2)C1. The van der Waals surface area contributed by atoms with Gasteiger partial charge in [-0.3, -0.25) is 4.79 Å². The maximum atomic E-state index is 12.7. The Morgan fingerprint density at radius 3 is 2.77 bits per heavy atom. The van der Waals surface area contributed by atoms with Crippen molar-refractivity contribution < 1.29 is 14.1 Å². The second kappa shape index (κ2) is 6.72. The summed E-state index contributed by atoms with van der Waals surface area (Å²) in [6, 6.07) is 6.68. The van der Waals surface area contributed by atoms with E-state index in [9.17, 15) is 4.79 Å². The monoisotopic (exact) mass is 371 g/mol. The van der Waals surface area contributed by atoms with Gasteiger partial charge in [0.1, 0.15) is 5.75 Å². The first-order valence-corrected chi connectivity index (χ1v) is 8.27. The van der Waals surface area contributed by atoms with Gasteiger partial charge in [-0.05, 0) is 24.3 Å². The lowest BCUT2D eigenvalue weighted by molar-refractivity contribution is 0.0566. The molecule has 0 bridgehead atoms. The van der Waals surface area contributed by atoms with Crippen LogP contribution in [0.25, 0.3) is 11.6 Å². The van der Waals surface area contributed by atoms with E-state index in [4.69, 9.17) is 20.9 Å². The lowest BCUT2D eigenvalue weighted by Crippen LogP contribution is -2.48. The van der Waals surface area contributed by atoms with Crippen molar-refractivity contribution in [2.75, 3.05) is 20.2 Å². The maximum Gasteiger partial charge on any atom is 0.257 e. The van der Waals surface area contributed by atoms with Crippen molar-refractivity contribution in [3.63, 3.8) is 0 Å². The molecule has 4 rings (SSSR count). The van der Waals surface area contributed by atoms with Crippen molar-refractivity contribution >= 4 is 17.5 Å². The van der Waals surface area contributed by atoms with Crippen LogP contribution in [0.15, 0.2) is 41.2 Å². The Kier molecular flexibility index (Phi) is 4.26. The lowest BCUT2D eigenvalue weighted by atomic mass is 9.98. The molecular weight excluding hydrogens is 358 g/mol. The molecule has 26 heavy (non-hydrogen) atoms. The number of benzene rings is 1. The molecular formula is C17H14ClN5O3. The van der Waals surface area contributed by atoms with Gasteiger partial charge in [-0.25, -0.2) is 9.97 Å². The van der Waals surface area contributed by atoms with E-state index in [1.165, 1.54) is 7.11 Å². The van der Waals surface area contributed by atoms with Gasteiger partial charge in [-0.1, -0.05) is 16.8 Å². The summed E-state index contributed by atoms with van der Waals surface area (Å²) in [4.78, 5) is 26.9. The molecule has 0 saturated carbocycles. The minimum Gasteiger partial charge on any atom is -0.496 e. The molecule has 1 fully saturated rings. The van der Waals surface area contributed by atoms with Gasteiger partial charge in [-0.2, -0.15) is 4.98 Å². The van der Waals surface area contributed by atoms with Crippen LogP contribution >= 0.6 is 11.6 Å². The third-order valence-electron chi connectivity index (χ3n) is 4.12.